The number of esters is 1. The summed E-state index contributed by atoms with van der Waals surface area (Å²) in [6.07, 6.45) is 5.29. The van der Waals surface area contributed by atoms with Crippen LogP contribution >= 0.6 is 11.3 Å². The molecule has 1 amide bonds. The summed E-state index contributed by atoms with van der Waals surface area (Å²) >= 11 is 1.42. The molecule has 0 atom stereocenters. The lowest BCUT2D eigenvalue weighted by Gasteiger charge is -2.40. The molecule has 6 heterocycles. The van der Waals surface area contributed by atoms with E-state index in [9.17, 15) is 9.59 Å². The van der Waals surface area contributed by atoms with Crippen LogP contribution in [0.1, 0.15) is 52.2 Å². The second kappa shape index (κ2) is 6.55. The summed E-state index contributed by atoms with van der Waals surface area (Å²) in [6.45, 7) is 4.02. The van der Waals surface area contributed by atoms with Gasteiger partial charge in [0.1, 0.15) is 10.6 Å². The summed E-state index contributed by atoms with van der Waals surface area (Å²) in [7, 11) is 0. The molecular formula is C18H18N6O3S. The number of rotatable bonds is 4. The molecule has 9 nitrogen and oxygen atoms in total. The van der Waals surface area contributed by atoms with Crippen molar-refractivity contribution >= 4 is 39.0 Å². The molecular weight excluding hydrogens is 380 g/mol. The van der Waals surface area contributed by atoms with Crippen molar-refractivity contribution in [1.82, 2.24) is 19.6 Å². The van der Waals surface area contributed by atoms with Gasteiger partial charge in [-0.3, -0.25) is 4.79 Å². The lowest BCUT2D eigenvalue weighted by Crippen LogP contribution is -2.38. The fourth-order valence-corrected chi connectivity index (χ4v) is 5.22. The monoisotopic (exact) mass is 398 g/mol. The highest BCUT2D eigenvalue weighted by atomic mass is 32.1. The van der Waals surface area contributed by atoms with Gasteiger partial charge in [-0.1, -0.05) is 11.3 Å². The van der Waals surface area contributed by atoms with E-state index in [1.165, 1.54) is 15.9 Å². The molecule has 2 bridgehead atoms. The molecule has 3 aromatic rings. The highest BCUT2D eigenvalue weighted by Gasteiger charge is 2.39. The van der Waals surface area contributed by atoms with E-state index in [0.29, 0.717) is 22.3 Å². The molecule has 1 N–H and O–H groups in total. The van der Waals surface area contributed by atoms with Gasteiger partial charge in [-0.05, 0) is 31.7 Å². The molecule has 6 rings (SSSR count). The third-order valence-electron chi connectivity index (χ3n) is 5.14. The third-order valence-corrected chi connectivity index (χ3v) is 6.32. The van der Waals surface area contributed by atoms with Crippen molar-refractivity contribution in [3.63, 3.8) is 0 Å². The topological polar surface area (TPSA) is 102 Å². The Morgan fingerprint density at radius 2 is 2.18 bits per heavy atom. The van der Waals surface area contributed by atoms with Gasteiger partial charge in [-0.25, -0.2) is 14.3 Å². The molecule has 144 valence electrons. The Labute approximate surface area is 164 Å². The second-order valence-electron chi connectivity index (χ2n) is 6.76. The highest BCUT2D eigenvalue weighted by Crippen LogP contribution is 2.51. The van der Waals surface area contributed by atoms with Crippen LogP contribution in [0.5, 0.6) is 0 Å². The Balaban J connectivity index is 1.53. The number of carbonyl (C=O) groups is 2. The summed E-state index contributed by atoms with van der Waals surface area (Å²) in [4.78, 5) is 36.0. The minimum absolute atomic E-state index is 0.00292. The van der Waals surface area contributed by atoms with Gasteiger partial charge >= 0.3 is 5.97 Å². The van der Waals surface area contributed by atoms with E-state index in [0.717, 1.165) is 36.5 Å². The van der Waals surface area contributed by atoms with Crippen molar-refractivity contribution in [3.05, 3.63) is 35.4 Å². The van der Waals surface area contributed by atoms with E-state index in [2.05, 4.69) is 25.3 Å². The summed E-state index contributed by atoms with van der Waals surface area (Å²) in [6, 6.07) is 1.71. The van der Waals surface area contributed by atoms with Crippen LogP contribution in [0.2, 0.25) is 0 Å². The van der Waals surface area contributed by atoms with Crippen LogP contribution in [0.4, 0.5) is 10.0 Å². The smallest absolute Gasteiger partial charge is 0.341 e. The Kier molecular flexibility index (Phi) is 4.00. The first-order valence-corrected chi connectivity index (χ1v) is 10.0. The fourth-order valence-electron chi connectivity index (χ4n) is 3.90. The number of hydrogen-bond acceptors (Lipinski definition) is 8. The molecule has 10 heteroatoms. The summed E-state index contributed by atoms with van der Waals surface area (Å²) in [5.41, 5.74) is 1.49. The van der Waals surface area contributed by atoms with E-state index >= 15 is 0 Å². The second-order valence-corrected chi connectivity index (χ2v) is 7.76. The van der Waals surface area contributed by atoms with Crippen molar-refractivity contribution in [2.75, 3.05) is 29.9 Å². The number of amides is 1. The standard InChI is InChI=1S/C18H18N6O3S/c1-2-27-17(26)12-11-10-4-8-23(9-5-10)16(11)28-15(12)21-14(25)13-20-18-19-6-3-7-24(18)22-13/h3,6-7,10H,2,4-5,8-9H2,1H3,(H,21,25). The number of carbonyl (C=O) groups excluding carboxylic acids is 2. The first-order valence-electron chi connectivity index (χ1n) is 9.23. The number of nitrogens with one attached hydrogen (secondary N) is 1. The molecule has 0 aromatic carbocycles. The molecule has 3 aromatic heterocycles. The molecule has 0 spiro atoms. The van der Waals surface area contributed by atoms with Crippen LogP contribution in [-0.2, 0) is 4.74 Å². The minimum atomic E-state index is -0.475. The quantitative estimate of drug-likeness (QED) is 0.673. The number of fused-ring (bicyclic) bond motifs is 3. The molecule has 0 saturated carbocycles. The van der Waals surface area contributed by atoms with Crippen LogP contribution in [0.25, 0.3) is 5.78 Å². The molecule has 28 heavy (non-hydrogen) atoms. The van der Waals surface area contributed by atoms with Gasteiger partial charge in [0.25, 0.3) is 11.7 Å². The lowest BCUT2D eigenvalue weighted by atomic mass is 9.84. The molecule has 3 aliphatic heterocycles. The average molecular weight is 398 g/mol. The number of ether oxygens (including phenoxy) is 1. The Morgan fingerprint density at radius 3 is 2.93 bits per heavy atom. The van der Waals surface area contributed by atoms with Crippen molar-refractivity contribution in [2.45, 2.75) is 25.7 Å². The van der Waals surface area contributed by atoms with E-state index in [1.807, 2.05) is 0 Å². The molecule has 1 fully saturated rings. The van der Waals surface area contributed by atoms with Gasteiger partial charge in [0.05, 0.1) is 11.6 Å². The van der Waals surface area contributed by atoms with E-state index in [-0.39, 0.29) is 12.4 Å². The Morgan fingerprint density at radius 1 is 1.36 bits per heavy atom. The molecule has 0 radical (unpaired) electrons. The van der Waals surface area contributed by atoms with E-state index in [4.69, 9.17) is 4.74 Å². The predicted octanol–water partition coefficient (Wildman–Crippen LogP) is 2.31. The van der Waals surface area contributed by atoms with Gasteiger partial charge in [0.2, 0.25) is 5.82 Å². The minimum Gasteiger partial charge on any atom is -0.462 e. The Bertz CT molecular complexity index is 1050. The zero-order chi connectivity index (χ0) is 19.3. The van der Waals surface area contributed by atoms with E-state index in [1.54, 1.807) is 25.4 Å². The van der Waals surface area contributed by atoms with Crippen molar-refractivity contribution in [3.8, 4) is 0 Å². The summed E-state index contributed by atoms with van der Waals surface area (Å²) in [5, 5.41) is 8.55. The maximum absolute atomic E-state index is 12.8. The summed E-state index contributed by atoms with van der Waals surface area (Å²) < 4.78 is 6.73. The highest BCUT2D eigenvalue weighted by molar-refractivity contribution is 7.21. The molecule has 0 unspecified atom stereocenters. The molecule has 1 saturated heterocycles. The summed E-state index contributed by atoms with van der Waals surface area (Å²) in [5.74, 6) is -0.194. The third kappa shape index (κ3) is 2.63. The van der Waals surface area contributed by atoms with Crippen LogP contribution in [0.15, 0.2) is 18.5 Å². The number of aromatic nitrogens is 4. The number of nitrogens with zero attached hydrogens (tertiary/aromatic N) is 5. The normalized spacial score (nSPS) is 15.7. The SMILES string of the molecule is CCOC(=O)c1c(NC(=O)c2nc3ncccn3n2)sc2c1C1CCN2CC1. The van der Waals surface area contributed by atoms with Gasteiger partial charge in [0.15, 0.2) is 0 Å². The van der Waals surface area contributed by atoms with Gasteiger partial charge < -0.3 is 15.0 Å². The van der Waals surface area contributed by atoms with Crippen LogP contribution in [0, 0.1) is 0 Å². The first kappa shape index (κ1) is 17.1. The van der Waals surface area contributed by atoms with Crippen molar-refractivity contribution in [2.24, 2.45) is 0 Å². The van der Waals surface area contributed by atoms with Gasteiger partial charge in [0, 0.05) is 31.0 Å². The average Bonchev–Trinajstić information content (AvgIpc) is 3.31. The number of hydrogen-bond donors (Lipinski definition) is 1. The largest absolute Gasteiger partial charge is 0.462 e. The predicted molar refractivity (Wildman–Crippen MR) is 103 cm³/mol. The lowest BCUT2D eigenvalue weighted by molar-refractivity contribution is 0.0526. The zero-order valence-corrected chi connectivity index (χ0v) is 16.0. The zero-order valence-electron chi connectivity index (χ0n) is 15.2. The van der Waals surface area contributed by atoms with Crippen LogP contribution < -0.4 is 10.2 Å². The van der Waals surface area contributed by atoms with Gasteiger partial charge in [-0.2, -0.15) is 4.98 Å². The molecule has 3 aliphatic rings. The van der Waals surface area contributed by atoms with Crippen LogP contribution in [-0.4, -0.2) is 51.2 Å². The number of anilines is 2. The maximum atomic E-state index is 12.8. The Hall–Kier alpha value is -3.01. The van der Waals surface area contributed by atoms with Crippen molar-refractivity contribution in [1.29, 1.82) is 0 Å². The molecule has 0 aliphatic carbocycles. The maximum Gasteiger partial charge on any atom is 0.341 e. The number of thiophene rings is 1. The first-order chi connectivity index (χ1) is 13.7. The van der Waals surface area contributed by atoms with Crippen LogP contribution in [0.3, 0.4) is 0 Å². The number of piperidine rings is 1. The van der Waals surface area contributed by atoms with Gasteiger partial charge in [-0.15, -0.1) is 5.10 Å². The van der Waals surface area contributed by atoms with Crippen molar-refractivity contribution < 1.29 is 14.3 Å². The fraction of sp³-hybridized carbons (Fsp3) is 0.389. The van der Waals surface area contributed by atoms with E-state index < -0.39 is 11.9 Å².